The molecule has 1 saturated carbocycles. The van der Waals surface area contributed by atoms with Crippen molar-refractivity contribution in [2.45, 2.75) is 43.8 Å². The van der Waals surface area contributed by atoms with Gasteiger partial charge in [-0.25, -0.2) is 9.97 Å². The number of hydrogen-bond acceptors (Lipinski definition) is 6. The quantitative estimate of drug-likeness (QED) is 0.912. The van der Waals surface area contributed by atoms with Gasteiger partial charge in [0.25, 0.3) is 0 Å². The van der Waals surface area contributed by atoms with Crippen LogP contribution in [0.15, 0.2) is 30.5 Å². The lowest BCUT2D eigenvalue weighted by Crippen LogP contribution is -2.25. The Kier molecular flexibility index (Phi) is 3.83. The number of anilines is 2. The highest BCUT2D eigenvalue weighted by Crippen LogP contribution is 2.57. The highest BCUT2D eigenvalue weighted by molar-refractivity contribution is 5.70. The Balaban J connectivity index is 1.39. The minimum Gasteiger partial charge on any atom is -0.490 e. The molecule has 3 aliphatic rings. The zero-order valence-corrected chi connectivity index (χ0v) is 14.7. The lowest BCUT2D eigenvalue weighted by Gasteiger charge is -2.24. The fourth-order valence-corrected chi connectivity index (χ4v) is 4.01. The van der Waals surface area contributed by atoms with Gasteiger partial charge in [-0.05, 0) is 37.1 Å². The van der Waals surface area contributed by atoms with Crippen molar-refractivity contribution in [3.8, 4) is 5.75 Å². The van der Waals surface area contributed by atoms with Crippen LogP contribution in [0.2, 0.25) is 0 Å². The van der Waals surface area contributed by atoms with E-state index in [-0.39, 0.29) is 18.1 Å². The number of fused-ring (bicyclic) bond motifs is 2. The molecule has 0 bridgehead atoms. The molecule has 6 heteroatoms. The topological polar surface area (TPSA) is 67.7 Å². The Labute approximate surface area is 152 Å². The van der Waals surface area contributed by atoms with E-state index in [1.807, 2.05) is 18.3 Å². The number of hydrogen-bond donors (Lipinski definition) is 1. The monoisotopic (exact) mass is 353 g/mol. The zero-order chi connectivity index (χ0) is 17.6. The number of aliphatic hydroxyl groups excluding tert-OH is 1. The third-order valence-corrected chi connectivity index (χ3v) is 5.72. The highest BCUT2D eigenvalue weighted by atomic mass is 16.5. The molecule has 1 aliphatic carbocycles. The van der Waals surface area contributed by atoms with Crippen molar-refractivity contribution < 1.29 is 14.6 Å². The van der Waals surface area contributed by atoms with Crippen molar-refractivity contribution in [1.29, 1.82) is 0 Å². The van der Waals surface area contributed by atoms with Gasteiger partial charge in [0.2, 0.25) is 0 Å². The van der Waals surface area contributed by atoms with E-state index in [0.717, 1.165) is 49.9 Å². The van der Waals surface area contributed by atoms with Crippen LogP contribution in [0.25, 0.3) is 0 Å². The van der Waals surface area contributed by atoms with Gasteiger partial charge in [-0.15, -0.1) is 0 Å². The molecule has 2 aromatic rings. The highest BCUT2D eigenvalue weighted by Gasteiger charge is 2.53. The number of aliphatic hydroxyl groups is 1. The molecular formula is C20H23N3O3. The van der Waals surface area contributed by atoms with Gasteiger partial charge in [-0.1, -0.05) is 0 Å². The summed E-state index contributed by atoms with van der Waals surface area (Å²) in [4.78, 5) is 11.1. The largest absolute Gasteiger partial charge is 0.490 e. The molecule has 1 aromatic heterocycles. The van der Waals surface area contributed by atoms with Gasteiger partial charge in [0.1, 0.15) is 24.3 Å². The van der Waals surface area contributed by atoms with Crippen LogP contribution in [-0.2, 0) is 16.8 Å². The van der Waals surface area contributed by atoms with Crippen LogP contribution in [-0.4, -0.2) is 40.9 Å². The van der Waals surface area contributed by atoms with E-state index in [9.17, 15) is 5.11 Å². The van der Waals surface area contributed by atoms with Gasteiger partial charge < -0.3 is 19.5 Å². The molecule has 0 unspecified atom stereocenters. The third-order valence-electron chi connectivity index (χ3n) is 5.72. The second-order valence-corrected chi connectivity index (χ2v) is 7.47. The average Bonchev–Trinajstić information content (AvgIpc) is 3.40. The molecule has 0 atom stereocenters. The average molecular weight is 353 g/mol. The number of ether oxygens (including phenoxy) is 2. The molecule has 6 nitrogen and oxygen atoms in total. The van der Waals surface area contributed by atoms with Crippen molar-refractivity contribution in [2.75, 3.05) is 24.7 Å². The van der Waals surface area contributed by atoms with Crippen LogP contribution in [0, 0.1) is 0 Å². The summed E-state index contributed by atoms with van der Waals surface area (Å²) in [6.45, 7) is 2.36. The van der Waals surface area contributed by atoms with Gasteiger partial charge in [-0.2, -0.15) is 0 Å². The van der Waals surface area contributed by atoms with E-state index in [1.54, 1.807) is 0 Å². The Morgan fingerprint density at radius 2 is 1.96 bits per heavy atom. The predicted octanol–water partition coefficient (Wildman–Crippen LogP) is 2.71. The van der Waals surface area contributed by atoms with Crippen molar-refractivity contribution in [3.05, 3.63) is 41.9 Å². The third kappa shape index (κ3) is 2.73. The first kappa shape index (κ1) is 16.0. The number of aromatic nitrogens is 2. The SMILES string of the molecule is OCc1ncc2c(n1)N(c1ccc(OC3CCOCC3)cc1)CC21CC1. The molecule has 2 fully saturated rings. The summed E-state index contributed by atoms with van der Waals surface area (Å²) < 4.78 is 11.5. The van der Waals surface area contributed by atoms with E-state index < -0.39 is 0 Å². The molecule has 1 spiro atoms. The van der Waals surface area contributed by atoms with E-state index in [0.29, 0.717) is 5.82 Å². The Morgan fingerprint density at radius 3 is 2.65 bits per heavy atom. The Bertz CT molecular complexity index is 798. The first-order valence-electron chi connectivity index (χ1n) is 9.37. The molecule has 1 aromatic carbocycles. The molecule has 0 radical (unpaired) electrons. The molecule has 2 aliphatic heterocycles. The van der Waals surface area contributed by atoms with Crippen LogP contribution in [0.5, 0.6) is 5.75 Å². The van der Waals surface area contributed by atoms with E-state index in [2.05, 4.69) is 27.0 Å². The maximum atomic E-state index is 9.39. The Hall–Kier alpha value is -2.18. The van der Waals surface area contributed by atoms with Crippen LogP contribution in [0.4, 0.5) is 11.5 Å². The maximum Gasteiger partial charge on any atom is 0.156 e. The second kappa shape index (κ2) is 6.21. The molecule has 1 N–H and O–H groups in total. The minimum atomic E-state index is -0.133. The molecule has 1 saturated heterocycles. The van der Waals surface area contributed by atoms with Crippen LogP contribution < -0.4 is 9.64 Å². The summed E-state index contributed by atoms with van der Waals surface area (Å²) in [5.41, 5.74) is 2.54. The summed E-state index contributed by atoms with van der Waals surface area (Å²) in [6.07, 6.45) is 6.42. The Morgan fingerprint density at radius 1 is 1.19 bits per heavy atom. The molecule has 26 heavy (non-hydrogen) atoms. The summed E-state index contributed by atoms with van der Waals surface area (Å²) in [7, 11) is 0. The maximum absolute atomic E-state index is 9.39. The first-order chi connectivity index (χ1) is 12.8. The van der Waals surface area contributed by atoms with Crippen LogP contribution in [0.3, 0.4) is 0 Å². The molecule has 5 rings (SSSR count). The standard InChI is InChI=1S/C20H23N3O3/c24-12-18-21-11-17-19(22-18)23(13-20(17)7-8-20)14-1-3-15(4-2-14)26-16-5-9-25-10-6-16/h1-4,11,16,24H,5-10,12-13H2. The molecule has 0 amide bonds. The van der Waals surface area contributed by atoms with Gasteiger partial charge in [0.15, 0.2) is 5.82 Å². The molecule has 3 heterocycles. The normalized spacial score (nSPS) is 21.0. The van der Waals surface area contributed by atoms with E-state index in [4.69, 9.17) is 9.47 Å². The second-order valence-electron chi connectivity index (χ2n) is 7.47. The van der Waals surface area contributed by atoms with E-state index in [1.165, 1.54) is 18.4 Å². The summed E-state index contributed by atoms with van der Waals surface area (Å²) in [6, 6.07) is 8.27. The van der Waals surface area contributed by atoms with E-state index >= 15 is 0 Å². The fraction of sp³-hybridized carbons (Fsp3) is 0.500. The van der Waals surface area contributed by atoms with Crippen LogP contribution >= 0.6 is 0 Å². The first-order valence-corrected chi connectivity index (χ1v) is 9.37. The lowest BCUT2D eigenvalue weighted by molar-refractivity contribution is 0.0256. The summed E-state index contributed by atoms with van der Waals surface area (Å²) in [5, 5.41) is 9.39. The zero-order valence-electron chi connectivity index (χ0n) is 14.7. The number of nitrogens with zero attached hydrogens (tertiary/aromatic N) is 3. The lowest BCUT2D eigenvalue weighted by atomic mass is 10.0. The predicted molar refractivity (Wildman–Crippen MR) is 96.8 cm³/mol. The number of benzene rings is 1. The van der Waals surface area contributed by atoms with Gasteiger partial charge in [0.05, 0.1) is 13.2 Å². The fourth-order valence-electron chi connectivity index (χ4n) is 4.01. The van der Waals surface area contributed by atoms with Gasteiger partial charge in [-0.3, -0.25) is 0 Å². The smallest absolute Gasteiger partial charge is 0.156 e. The minimum absolute atomic E-state index is 0.133. The summed E-state index contributed by atoms with van der Waals surface area (Å²) in [5.74, 6) is 2.32. The molecule has 136 valence electrons. The van der Waals surface area contributed by atoms with Gasteiger partial charge in [0, 0.05) is 42.2 Å². The van der Waals surface area contributed by atoms with Gasteiger partial charge >= 0.3 is 0 Å². The molecular weight excluding hydrogens is 330 g/mol. The van der Waals surface area contributed by atoms with Crippen molar-refractivity contribution in [2.24, 2.45) is 0 Å². The van der Waals surface area contributed by atoms with Crippen LogP contribution in [0.1, 0.15) is 37.1 Å². The van der Waals surface area contributed by atoms with Crippen molar-refractivity contribution >= 4 is 11.5 Å². The summed E-state index contributed by atoms with van der Waals surface area (Å²) >= 11 is 0. The van der Waals surface area contributed by atoms with Crippen molar-refractivity contribution in [3.63, 3.8) is 0 Å². The number of rotatable bonds is 4. The van der Waals surface area contributed by atoms with Crippen molar-refractivity contribution in [1.82, 2.24) is 9.97 Å².